The van der Waals surface area contributed by atoms with Crippen molar-refractivity contribution >= 4 is 35.4 Å². The van der Waals surface area contributed by atoms with Crippen LogP contribution in [-0.2, 0) is 14.3 Å². The standard InChI is InChI=1S/C29H39N3O6S/c1-8-16-32(27(35)23(15-17-39-7)31-28(36)38-29(3,4)5)25(20-9-14-24(33)19(2)18-20)26(34)30-21-10-12-22(37-6)13-11-21/h8-14,18,23,25,33H,1,15-17H2,2-7H3,(H,30,34)(H,31,36). The number of rotatable bonds is 12. The number of aromatic hydroxyl groups is 1. The van der Waals surface area contributed by atoms with Crippen LogP contribution >= 0.6 is 11.8 Å². The van der Waals surface area contributed by atoms with Crippen LogP contribution in [0.5, 0.6) is 11.5 Å². The van der Waals surface area contributed by atoms with Crippen molar-refractivity contribution in [2.75, 3.05) is 31.0 Å². The molecule has 2 aromatic rings. The first-order valence-corrected chi connectivity index (χ1v) is 13.9. The fourth-order valence-electron chi connectivity index (χ4n) is 3.81. The highest BCUT2D eigenvalue weighted by molar-refractivity contribution is 7.98. The van der Waals surface area contributed by atoms with Gasteiger partial charge in [0.1, 0.15) is 29.2 Å². The van der Waals surface area contributed by atoms with Crippen molar-refractivity contribution in [3.05, 3.63) is 66.2 Å². The molecule has 0 aliphatic heterocycles. The summed E-state index contributed by atoms with van der Waals surface area (Å²) in [5, 5.41) is 15.7. The SMILES string of the molecule is C=CCN(C(=O)C(CCSC)NC(=O)OC(C)(C)C)C(C(=O)Nc1ccc(OC)cc1)c1ccc(O)c(C)c1. The van der Waals surface area contributed by atoms with E-state index < -0.39 is 35.6 Å². The van der Waals surface area contributed by atoms with Gasteiger partial charge >= 0.3 is 6.09 Å². The van der Waals surface area contributed by atoms with Crippen molar-refractivity contribution < 1.29 is 29.0 Å². The lowest BCUT2D eigenvalue weighted by Crippen LogP contribution is -2.52. The molecule has 0 bridgehead atoms. The number of phenols is 1. The summed E-state index contributed by atoms with van der Waals surface area (Å²) >= 11 is 1.53. The number of phenolic OH excluding ortho intramolecular Hbond substituents is 1. The molecular formula is C29H39N3O6S. The van der Waals surface area contributed by atoms with Crippen LogP contribution in [0.3, 0.4) is 0 Å². The minimum Gasteiger partial charge on any atom is -0.508 e. The molecule has 0 fully saturated rings. The molecule has 3 N–H and O–H groups in total. The normalized spacial score (nSPS) is 12.6. The highest BCUT2D eigenvalue weighted by Gasteiger charge is 2.36. The molecule has 0 saturated heterocycles. The number of hydrogen-bond acceptors (Lipinski definition) is 7. The molecule has 2 atom stereocenters. The molecular weight excluding hydrogens is 518 g/mol. The van der Waals surface area contributed by atoms with Gasteiger partial charge in [0.05, 0.1) is 7.11 Å². The molecule has 3 amide bonds. The number of anilines is 1. The number of nitrogens with zero attached hydrogens (tertiary/aromatic N) is 1. The quantitative estimate of drug-likeness (QED) is 0.313. The van der Waals surface area contributed by atoms with Gasteiger partial charge in [-0.1, -0.05) is 12.1 Å². The van der Waals surface area contributed by atoms with E-state index in [9.17, 15) is 19.5 Å². The fourth-order valence-corrected chi connectivity index (χ4v) is 4.28. The number of benzene rings is 2. The van der Waals surface area contributed by atoms with Gasteiger partial charge in [0.25, 0.3) is 5.91 Å². The monoisotopic (exact) mass is 557 g/mol. The zero-order valence-electron chi connectivity index (χ0n) is 23.4. The van der Waals surface area contributed by atoms with Gasteiger partial charge in [-0.25, -0.2) is 4.79 Å². The molecule has 2 rings (SSSR count). The molecule has 0 saturated carbocycles. The molecule has 9 nitrogen and oxygen atoms in total. The summed E-state index contributed by atoms with van der Waals surface area (Å²) in [6.45, 7) is 10.7. The minimum absolute atomic E-state index is 0.0330. The number of carbonyl (C=O) groups is 3. The Morgan fingerprint density at radius 1 is 1.15 bits per heavy atom. The molecule has 0 aliphatic carbocycles. The molecule has 0 aliphatic rings. The average Bonchev–Trinajstić information content (AvgIpc) is 2.87. The smallest absolute Gasteiger partial charge is 0.408 e. The maximum atomic E-state index is 14.0. The predicted molar refractivity (Wildman–Crippen MR) is 155 cm³/mol. The Bertz CT molecular complexity index is 1150. The van der Waals surface area contributed by atoms with E-state index in [1.165, 1.54) is 28.8 Å². The Morgan fingerprint density at radius 2 is 1.82 bits per heavy atom. The van der Waals surface area contributed by atoms with Crippen LogP contribution in [0.1, 0.15) is 44.4 Å². The lowest BCUT2D eigenvalue weighted by molar-refractivity contribution is -0.140. The molecule has 39 heavy (non-hydrogen) atoms. The lowest BCUT2D eigenvalue weighted by atomic mass is 9.99. The van der Waals surface area contributed by atoms with Gasteiger partial charge in [-0.2, -0.15) is 11.8 Å². The third-order valence-electron chi connectivity index (χ3n) is 5.66. The topological polar surface area (TPSA) is 117 Å². The Kier molecular flexibility index (Phi) is 11.7. The third-order valence-corrected chi connectivity index (χ3v) is 6.31. The molecule has 2 unspecified atom stereocenters. The highest BCUT2D eigenvalue weighted by atomic mass is 32.2. The molecule has 2 aromatic carbocycles. The van der Waals surface area contributed by atoms with Crippen molar-refractivity contribution in [3.63, 3.8) is 0 Å². The van der Waals surface area contributed by atoms with E-state index in [1.54, 1.807) is 71.2 Å². The maximum Gasteiger partial charge on any atom is 0.408 e. The van der Waals surface area contributed by atoms with E-state index in [0.29, 0.717) is 34.7 Å². The predicted octanol–water partition coefficient (Wildman–Crippen LogP) is 5.05. The summed E-state index contributed by atoms with van der Waals surface area (Å²) in [5.41, 5.74) is 0.805. The van der Waals surface area contributed by atoms with Crippen LogP contribution in [0.15, 0.2) is 55.1 Å². The van der Waals surface area contributed by atoms with Crippen molar-refractivity contribution in [3.8, 4) is 11.5 Å². The van der Waals surface area contributed by atoms with Crippen LogP contribution in [0.25, 0.3) is 0 Å². The van der Waals surface area contributed by atoms with Crippen molar-refractivity contribution in [1.82, 2.24) is 10.2 Å². The fraction of sp³-hybridized carbons (Fsp3) is 0.414. The number of amides is 3. The second-order valence-electron chi connectivity index (χ2n) is 9.93. The summed E-state index contributed by atoms with van der Waals surface area (Å²) in [4.78, 5) is 41.8. The van der Waals surface area contributed by atoms with Crippen LogP contribution in [-0.4, -0.2) is 65.2 Å². The molecule has 0 spiro atoms. The second-order valence-corrected chi connectivity index (χ2v) is 10.9. The lowest BCUT2D eigenvalue weighted by Gasteiger charge is -2.34. The number of nitrogens with one attached hydrogen (secondary N) is 2. The van der Waals surface area contributed by atoms with Gasteiger partial charge in [0.15, 0.2) is 0 Å². The summed E-state index contributed by atoms with van der Waals surface area (Å²) in [6, 6.07) is 9.53. The first-order valence-electron chi connectivity index (χ1n) is 12.5. The van der Waals surface area contributed by atoms with Crippen LogP contribution in [0.2, 0.25) is 0 Å². The number of alkyl carbamates (subject to hydrolysis) is 1. The summed E-state index contributed by atoms with van der Waals surface area (Å²) < 4.78 is 10.6. The first kappa shape index (κ1) is 31.6. The number of hydrogen-bond donors (Lipinski definition) is 3. The largest absolute Gasteiger partial charge is 0.508 e. The summed E-state index contributed by atoms with van der Waals surface area (Å²) in [6.07, 6.45) is 3.04. The molecule has 212 valence electrons. The van der Waals surface area contributed by atoms with E-state index in [2.05, 4.69) is 17.2 Å². The minimum atomic E-state index is -1.09. The Balaban J connectivity index is 2.50. The number of aryl methyl sites for hydroxylation is 1. The Labute approximate surface area is 234 Å². The number of thioether (sulfide) groups is 1. The summed E-state index contributed by atoms with van der Waals surface area (Å²) in [5.74, 6) is 0.359. The van der Waals surface area contributed by atoms with E-state index in [1.807, 2.05) is 6.26 Å². The van der Waals surface area contributed by atoms with E-state index in [0.717, 1.165) is 0 Å². The zero-order chi connectivity index (χ0) is 29.2. The van der Waals surface area contributed by atoms with Gasteiger partial charge in [0.2, 0.25) is 5.91 Å². The van der Waals surface area contributed by atoms with Crippen LogP contribution in [0, 0.1) is 6.92 Å². The van der Waals surface area contributed by atoms with E-state index in [-0.39, 0.29) is 12.3 Å². The van der Waals surface area contributed by atoms with Crippen molar-refractivity contribution in [2.45, 2.75) is 51.8 Å². The average molecular weight is 558 g/mol. The molecule has 0 aromatic heterocycles. The van der Waals surface area contributed by atoms with Crippen LogP contribution < -0.4 is 15.4 Å². The van der Waals surface area contributed by atoms with Gasteiger partial charge in [-0.3, -0.25) is 9.59 Å². The highest BCUT2D eigenvalue weighted by Crippen LogP contribution is 2.29. The Morgan fingerprint density at radius 3 is 2.36 bits per heavy atom. The van der Waals surface area contributed by atoms with Gasteiger partial charge in [0, 0.05) is 12.2 Å². The van der Waals surface area contributed by atoms with Gasteiger partial charge < -0.3 is 30.1 Å². The maximum absolute atomic E-state index is 14.0. The molecule has 0 heterocycles. The van der Waals surface area contributed by atoms with Crippen LogP contribution in [0.4, 0.5) is 10.5 Å². The summed E-state index contributed by atoms with van der Waals surface area (Å²) in [7, 11) is 1.55. The van der Waals surface area contributed by atoms with Crippen molar-refractivity contribution in [1.29, 1.82) is 0 Å². The number of methoxy groups -OCH3 is 1. The molecule has 0 radical (unpaired) electrons. The molecule has 10 heteroatoms. The number of ether oxygens (including phenoxy) is 2. The zero-order valence-corrected chi connectivity index (χ0v) is 24.3. The van der Waals surface area contributed by atoms with Gasteiger partial charge in [-0.05, 0) is 93.6 Å². The second kappa shape index (κ2) is 14.5. The first-order chi connectivity index (χ1) is 18.4. The third kappa shape index (κ3) is 9.55. The van der Waals surface area contributed by atoms with E-state index >= 15 is 0 Å². The van der Waals surface area contributed by atoms with E-state index in [4.69, 9.17) is 9.47 Å². The van der Waals surface area contributed by atoms with Gasteiger partial charge in [-0.15, -0.1) is 6.58 Å². The van der Waals surface area contributed by atoms with Crippen molar-refractivity contribution in [2.24, 2.45) is 0 Å². The number of carbonyl (C=O) groups excluding carboxylic acids is 3. The Hall–Kier alpha value is -3.66.